The maximum absolute atomic E-state index is 12.3. The molecule has 4 rings (SSSR count). The first-order valence-electron chi connectivity index (χ1n) is 9.77. The number of anilines is 1. The molecule has 2 heterocycles. The van der Waals surface area contributed by atoms with E-state index in [2.05, 4.69) is 15.2 Å². The molecule has 1 N–H and O–H groups in total. The molecule has 5 nitrogen and oxygen atoms in total. The van der Waals surface area contributed by atoms with Crippen molar-refractivity contribution in [2.45, 2.75) is 44.2 Å². The number of hydrogen-bond donors (Lipinski definition) is 1. The summed E-state index contributed by atoms with van der Waals surface area (Å²) in [7, 11) is 0. The number of thioether (sulfide) groups is 1. The molecule has 2 saturated carbocycles. The Bertz CT molecular complexity index is 594. The summed E-state index contributed by atoms with van der Waals surface area (Å²) in [6.45, 7) is 3.01. The summed E-state index contributed by atoms with van der Waals surface area (Å²) in [6.07, 6.45) is 9.42. The van der Waals surface area contributed by atoms with Crippen molar-refractivity contribution in [3.63, 3.8) is 0 Å². The fraction of sp³-hybridized carbons (Fsp3) is 0.789. The Labute approximate surface area is 164 Å². The van der Waals surface area contributed by atoms with Crippen LogP contribution < -0.4 is 10.2 Å². The molecular formula is C19H29N3O2S2. The van der Waals surface area contributed by atoms with Crippen LogP contribution >= 0.6 is 23.1 Å². The Morgan fingerprint density at radius 3 is 2.88 bits per heavy atom. The number of nitrogens with one attached hydrogen (secondary N) is 1. The molecule has 0 aromatic carbocycles. The smallest absolute Gasteiger partial charge is 0.221 e. The van der Waals surface area contributed by atoms with Crippen molar-refractivity contribution in [1.82, 2.24) is 10.3 Å². The fourth-order valence-electron chi connectivity index (χ4n) is 4.30. The summed E-state index contributed by atoms with van der Waals surface area (Å²) in [5.41, 5.74) is 0. The first-order valence-corrected chi connectivity index (χ1v) is 12.0. The predicted octanol–water partition coefficient (Wildman–Crippen LogP) is 3.02. The maximum atomic E-state index is 12.3. The Hall–Kier alpha value is -0.790. The molecule has 4 atom stereocenters. The number of carbonyl (C=O) groups is 1. The van der Waals surface area contributed by atoms with E-state index in [0.29, 0.717) is 18.3 Å². The van der Waals surface area contributed by atoms with E-state index >= 15 is 0 Å². The third-order valence-corrected chi connectivity index (χ3v) is 7.37. The van der Waals surface area contributed by atoms with Crippen molar-refractivity contribution in [2.75, 3.05) is 36.6 Å². The van der Waals surface area contributed by atoms with Gasteiger partial charge in [-0.05, 0) is 49.7 Å². The molecule has 26 heavy (non-hydrogen) atoms. The van der Waals surface area contributed by atoms with Gasteiger partial charge in [0.1, 0.15) is 0 Å². The van der Waals surface area contributed by atoms with Crippen LogP contribution in [-0.2, 0) is 9.53 Å². The number of amides is 1. The summed E-state index contributed by atoms with van der Waals surface area (Å²) in [4.78, 5) is 19.2. The van der Waals surface area contributed by atoms with Gasteiger partial charge in [-0.25, -0.2) is 4.98 Å². The standard InChI is InChI=1S/C19H29N3O2S2/c1-25-6-4-18(23)21-16-8-14-10-22(19-20-5-7-26-19)11-15(14)9-17(16)24-12-13-2-3-13/h5,7,13-17H,2-4,6,8-12H2,1H3,(H,21,23)/t14-,15+,16-,17-/m0/s1. The first-order chi connectivity index (χ1) is 12.7. The summed E-state index contributed by atoms with van der Waals surface area (Å²) >= 11 is 3.45. The van der Waals surface area contributed by atoms with Crippen LogP contribution in [0.5, 0.6) is 0 Å². The predicted molar refractivity (Wildman–Crippen MR) is 108 cm³/mol. The third-order valence-electron chi connectivity index (χ3n) is 5.93. The molecule has 7 heteroatoms. The lowest BCUT2D eigenvalue weighted by Gasteiger charge is -2.38. The molecule has 3 fully saturated rings. The minimum atomic E-state index is 0.167. The van der Waals surface area contributed by atoms with Crippen molar-refractivity contribution < 1.29 is 9.53 Å². The van der Waals surface area contributed by atoms with Crippen LogP contribution in [0.25, 0.3) is 0 Å². The Morgan fingerprint density at radius 1 is 1.38 bits per heavy atom. The van der Waals surface area contributed by atoms with Gasteiger partial charge in [-0.1, -0.05) is 0 Å². The summed E-state index contributed by atoms with van der Waals surface area (Å²) in [5, 5.41) is 6.49. The summed E-state index contributed by atoms with van der Waals surface area (Å²) < 4.78 is 6.31. The molecule has 1 aromatic rings. The molecule has 144 valence electrons. The van der Waals surface area contributed by atoms with Crippen LogP contribution in [-0.4, -0.2) is 54.7 Å². The highest BCUT2D eigenvalue weighted by Crippen LogP contribution is 2.40. The fourth-order valence-corrected chi connectivity index (χ4v) is 5.35. The van der Waals surface area contributed by atoms with E-state index < -0.39 is 0 Å². The Kier molecular flexibility index (Phi) is 6.06. The molecule has 0 radical (unpaired) electrons. The van der Waals surface area contributed by atoms with Gasteiger partial charge in [0, 0.05) is 43.4 Å². The number of fused-ring (bicyclic) bond motifs is 1. The normalized spacial score (nSPS) is 31.0. The van der Waals surface area contributed by atoms with E-state index in [-0.39, 0.29) is 18.1 Å². The van der Waals surface area contributed by atoms with E-state index in [1.807, 2.05) is 17.8 Å². The first kappa shape index (κ1) is 18.6. The highest BCUT2D eigenvalue weighted by atomic mass is 32.2. The summed E-state index contributed by atoms with van der Waals surface area (Å²) in [5.74, 6) is 3.11. The van der Waals surface area contributed by atoms with Crippen molar-refractivity contribution in [3.8, 4) is 0 Å². The molecule has 1 aromatic heterocycles. The van der Waals surface area contributed by atoms with Crippen LogP contribution in [0, 0.1) is 17.8 Å². The zero-order valence-electron chi connectivity index (χ0n) is 15.4. The molecule has 0 spiro atoms. The number of rotatable bonds is 8. The third kappa shape index (κ3) is 4.54. The molecule has 1 saturated heterocycles. The van der Waals surface area contributed by atoms with Gasteiger partial charge in [0.05, 0.1) is 12.1 Å². The average molecular weight is 396 g/mol. The van der Waals surface area contributed by atoms with E-state index in [1.165, 1.54) is 12.8 Å². The van der Waals surface area contributed by atoms with Crippen molar-refractivity contribution in [3.05, 3.63) is 11.6 Å². The molecule has 2 aliphatic carbocycles. The van der Waals surface area contributed by atoms with E-state index in [9.17, 15) is 4.79 Å². The lowest BCUT2D eigenvalue weighted by molar-refractivity contribution is -0.123. The van der Waals surface area contributed by atoms with E-state index in [1.54, 1.807) is 23.1 Å². The highest BCUT2D eigenvalue weighted by Gasteiger charge is 2.44. The van der Waals surface area contributed by atoms with Crippen LogP contribution in [0.2, 0.25) is 0 Å². The Balaban J connectivity index is 1.39. The van der Waals surface area contributed by atoms with Crippen molar-refractivity contribution in [1.29, 1.82) is 0 Å². The van der Waals surface area contributed by atoms with Gasteiger partial charge in [0.15, 0.2) is 5.13 Å². The van der Waals surface area contributed by atoms with Gasteiger partial charge >= 0.3 is 0 Å². The van der Waals surface area contributed by atoms with Crippen molar-refractivity contribution in [2.24, 2.45) is 17.8 Å². The van der Waals surface area contributed by atoms with E-state index in [4.69, 9.17) is 4.74 Å². The van der Waals surface area contributed by atoms with Gasteiger partial charge in [-0.15, -0.1) is 11.3 Å². The van der Waals surface area contributed by atoms with Gasteiger partial charge in [0.25, 0.3) is 0 Å². The van der Waals surface area contributed by atoms with Gasteiger partial charge in [-0.2, -0.15) is 11.8 Å². The molecule has 3 aliphatic rings. The van der Waals surface area contributed by atoms with Crippen LogP contribution in [0.15, 0.2) is 11.6 Å². The Morgan fingerprint density at radius 2 is 2.19 bits per heavy atom. The lowest BCUT2D eigenvalue weighted by atomic mass is 9.77. The molecule has 1 aliphatic heterocycles. The number of nitrogens with zero attached hydrogens (tertiary/aromatic N) is 2. The van der Waals surface area contributed by atoms with Gasteiger partial charge in [0.2, 0.25) is 5.91 Å². The SMILES string of the molecule is CSCCC(=O)N[C@H]1C[C@H]2CN(c3nccs3)C[C@H]2C[C@@H]1OCC1CC1. The minimum absolute atomic E-state index is 0.167. The topological polar surface area (TPSA) is 54.5 Å². The zero-order chi connectivity index (χ0) is 17.9. The number of aromatic nitrogens is 1. The zero-order valence-corrected chi connectivity index (χ0v) is 17.1. The van der Waals surface area contributed by atoms with Gasteiger partial charge < -0.3 is 15.0 Å². The minimum Gasteiger partial charge on any atom is -0.376 e. The second-order valence-corrected chi connectivity index (χ2v) is 9.80. The number of ether oxygens (including phenoxy) is 1. The molecular weight excluding hydrogens is 366 g/mol. The molecule has 0 unspecified atom stereocenters. The second-order valence-electron chi connectivity index (χ2n) is 7.94. The largest absolute Gasteiger partial charge is 0.376 e. The van der Waals surface area contributed by atoms with Gasteiger partial charge in [-0.3, -0.25) is 4.79 Å². The number of thiazole rings is 1. The number of hydrogen-bond acceptors (Lipinski definition) is 6. The maximum Gasteiger partial charge on any atom is 0.221 e. The quantitative estimate of drug-likeness (QED) is 0.733. The monoisotopic (exact) mass is 395 g/mol. The van der Waals surface area contributed by atoms with Crippen LogP contribution in [0.3, 0.4) is 0 Å². The van der Waals surface area contributed by atoms with Crippen LogP contribution in [0.1, 0.15) is 32.1 Å². The van der Waals surface area contributed by atoms with Crippen molar-refractivity contribution >= 4 is 34.1 Å². The van der Waals surface area contributed by atoms with Crippen LogP contribution in [0.4, 0.5) is 5.13 Å². The molecule has 0 bridgehead atoms. The van der Waals surface area contributed by atoms with E-state index in [0.717, 1.165) is 49.3 Å². The number of carbonyl (C=O) groups excluding carboxylic acids is 1. The highest BCUT2D eigenvalue weighted by molar-refractivity contribution is 7.98. The summed E-state index contributed by atoms with van der Waals surface area (Å²) in [6, 6.07) is 0.167. The lowest BCUT2D eigenvalue weighted by Crippen LogP contribution is -2.50. The average Bonchev–Trinajstić information content (AvgIpc) is 3.13. The molecule has 1 amide bonds. The second kappa shape index (κ2) is 8.48.